The van der Waals surface area contributed by atoms with Crippen LogP contribution in [0.25, 0.3) is 0 Å². The van der Waals surface area contributed by atoms with E-state index in [1.807, 2.05) is 0 Å². The van der Waals surface area contributed by atoms with E-state index in [1.54, 1.807) is 0 Å². The Morgan fingerprint density at radius 1 is 1.50 bits per heavy atom. The molecule has 7 heteroatoms. The number of nitrogens with two attached hydrogens (primary N) is 1. The van der Waals surface area contributed by atoms with Crippen molar-refractivity contribution in [1.29, 1.82) is 0 Å². The predicted molar refractivity (Wildman–Crippen MR) is 49.5 cm³/mol. The molecular formula is C9H11F3N2O2. The van der Waals surface area contributed by atoms with E-state index >= 15 is 0 Å². The fourth-order valence-electron chi connectivity index (χ4n) is 1.22. The minimum atomic E-state index is -4.79. The van der Waals surface area contributed by atoms with Crippen LogP contribution in [0.2, 0.25) is 0 Å². The summed E-state index contributed by atoms with van der Waals surface area (Å²) in [6, 6.07) is 1.37. The Kier molecular flexibility index (Phi) is 3.71. The van der Waals surface area contributed by atoms with Crippen LogP contribution < -0.4 is 10.5 Å². The van der Waals surface area contributed by atoms with E-state index in [0.717, 1.165) is 0 Å². The van der Waals surface area contributed by atoms with Crippen LogP contribution in [0.3, 0.4) is 0 Å². The standard InChI is InChI=1S/C9H11F3N2O2/c1-5-2-6(4-15)7(3-13)14-8(5)16-9(10,11)12/h2,15H,3-4,13H2,1H3. The molecule has 0 saturated carbocycles. The molecule has 1 aromatic rings. The van der Waals surface area contributed by atoms with Crippen molar-refractivity contribution >= 4 is 0 Å². The maximum absolute atomic E-state index is 12.0. The van der Waals surface area contributed by atoms with Gasteiger partial charge in [0.2, 0.25) is 5.88 Å². The highest BCUT2D eigenvalue weighted by Crippen LogP contribution is 2.25. The lowest BCUT2D eigenvalue weighted by Gasteiger charge is -2.13. The van der Waals surface area contributed by atoms with Gasteiger partial charge in [-0.3, -0.25) is 0 Å². The van der Waals surface area contributed by atoms with Crippen LogP contribution >= 0.6 is 0 Å². The molecule has 0 aliphatic rings. The summed E-state index contributed by atoms with van der Waals surface area (Å²) in [5.74, 6) is -0.537. The van der Waals surface area contributed by atoms with Crippen LogP contribution in [0.4, 0.5) is 13.2 Å². The van der Waals surface area contributed by atoms with Gasteiger partial charge in [-0.05, 0) is 13.0 Å². The van der Waals surface area contributed by atoms with E-state index < -0.39 is 12.2 Å². The maximum Gasteiger partial charge on any atom is 0.574 e. The number of pyridine rings is 1. The van der Waals surface area contributed by atoms with E-state index in [1.165, 1.54) is 13.0 Å². The molecular weight excluding hydrogens is 225 g/mol. The Balaban J connectivity index is 3.11. The summed E-state index contributed by atoms with van der Waals surface area (Å²) in [7, 11) is 0. The molecule has 0 saturated heterocycles. The third-order valence-electron chi connectivity index (χ3n) is 1.91. The molecule has 0 aliphatic heterocycles. The minimum Gasteiger partial charge on any atom is -0.392 e. The second kappa shape index (κ2) is 4.67. The smallest absolute Gasteiger partial charge is 0.392 e. The summed E-state index contributed by atoms with van der Waals surface area (Å²) in [6.07, 6.45) is -4.79. The highest BCUT2D eigenvalue weighted by atomic mass is 19.4. The number of aliphatic hydroxyl groups is 1. The zero-order valence-corrected chi connectivity index (χ0v) is 8.51. The van der Waals surface area contributed by atoms with E-state index in [9.17, 15) is 13.2 Å². The number of ether oxygens (including phenoxy) is 1. The number of aromatic nitrogens is 1. The fourth-order valence-corrected chi connectivity index (χ4v) is 1.22. The first-order valence-corrected chi connectivity index (χ1v) is 4.43. The lowest BCUT2D eigenvalue weighted by Crippen LogP contribution is -2.20. The molecule has 1 rings (SSSR count). The average molecular weight is 236 g/mol. The summed E-state index contributed by atoms with van der Waals surface area (Å²) in [5.41, 5.74) is 6.08. The number of nitrogens with zero attached hydrogens (tertiary/aromatic N) is 1. The number of alkyl halides is 3. The molecule has 0 aromatic carbocycles. The second-order valence-corrected chi connectivity index (χ2v) is 3.13. The number of hydrogen-bond donors (Lipinski definition) is 2. The maximum atomic E-state index is 12.0. The molecule has 0 unspecified atom stereocenters. The Hall–Kier alpha value is -1.34. The number of aryl methyl sites for hydroxylation is 1. The van der Waals surface area contributed by atoms with Crippen LogP contribution in [0, 0.1) is 6.92 Å². The Morgan fingerprint density at radius 3 is 2.56 bits per heavy atom. The molecule has 0 aliphatic carbocycles. The van der Waals surface area contributed by atoms with Gasteiger partial charge >= 0.3 is 6.36 Å². The molecule has 0 radical (unpaired) electrons. The molecule has 16 heavy (non-hydrogen) atoms. The van der Waals surface area contributed by atoms with Gasteiger partial charge in [-0.25, -0.2) is 4.98 Å². The van der Waals surface area contributed by atoms with Crippen molar-refractivity contribution in [3.63, 3.8) is 0 Å². The van der Waals surface area contributed by atoms with Crippen molar-refractivity contribution in [2.24, 2.45) is 5.73 Å². The lowest BCUT2D eigenvalue weighted by atomic mass is 10.1. The molecule has 1 aromatic heterocycles. The first-order valence-electron chi connectivity index (χ1n) is 4.43. The zero-order valence-electron chi connectivity index (χ0n) is 8.51. The molecule has 1 heterocycles. The van der Waals surface area contributed by atoms with Gasteiger partial charge in [-0.1, -0.05) is 0 Å². The average Bonchev–Trinajstić information content (AvgIpc) is 2.18. The topological polar surface area (TPSA) is 68.4 Å². The van der Waals surface area contributed by atoms with E-state index in [2.05, 4.69) is 9.72 Å². The van der Waals surface area contributed by atoms with E-state index in [4.69, 9.17) is 10.8 Å². The van der Waals surface area contributed by atoms with Gasteiger partial charge < -0.3 is 15.6 Å². The fraction of sp³-hybridized carbons (Fsp3) is 0.444. The van der Waals surface area contributed by atoms with Crippen molar-refractivity contribution in [3.05, 3.63) is 22.9 Å². The highest BCUT2D eigenvalue weighted by molar-refractivity contribution is 5.33. The summed E-state index contributed by atoms with van der Waals surface area (Å²) in [5, 5.41) is 8.94. The summed E-state index contributed by atoms with van der Waals surface area (Å²) >= 11 is 0. The van der Waals surface area contributed by atoms with Crippen molar-refractivity contribution in [2.75, 3.05) is 0 Å². The molecule has 0 atom stereocenters. The van der Waals surface area contributed by atoms with Crippen molar-refractivity contribution < 1.29 is 23.0 Å². The molecule has 0 amide bonds. The van der Waals surface area contributed by atoms with Gasteiger partial charge in [0.25, 0.3) is 0 Å². The van der Waals surface area contributed by atoms with Gasteiger partial charge in [-0.15, -0.1) is 13.2 Å². The Morgan fingerprint density at radius 2 is 2.12 bits per heavy atom. The van der Waals surface area contributed by atoms with Crippen molar-refractivity contribution in [1.82, 2.24) is 4.98 Å². The summed E-state index contributed by atoms with van der Waals surface area (Å²) < 4.78 is 39.7. The second-order valence-electron chi connectivity index (χ2n) is 3.13. The first kappa shape index (κ1) is 12.7. The normalized spacial score (nSPS) is 11.6. The molecule has 0 fully saturated rings. The molecule has 0 spiro atoms. The van der Waals surface area contributed by atoms with Gasteiger partial charge in [0.1, 0.15) is 0 Å². The third kappa shape index (κ3) is 3.07. The van der Waals surface area contributed by atoms with Crippen molar-refractivity contribution in [2.45, 2.75) is 26.4 Å². The molecule has 90 valence electrons. The van der Waals surface area contributed by atoms with Gasteiger partial charge in [0.15, 0.2) is 0 Å². The van der Waals surface area contributed by atoms with Gasteiger partial charge in [-0.2, -0.15) is 0 Å². The van der Waals surface area contributed by atoms with Crippen LogP contribution in [-0.2, 0) is 13.2 Å². The Bertz CT molecular complexity index is 380. The van der Waals surface area contributed by atoms with Crippen LogP contribution in [0.5, 0.6) is 5.88 Å². The number of hydrogen-bond acceptors (Lipinski definition) is 4. The van der Waals surface area contributed by atoms with Crippen LogP contribution in [0.15, 0.2) is 6.07 Å². The van der Waals surface area contributed by atoms with Gasteiger partial charge in [0, 0.05) is 17.7 Å². The minimum absolute atomic E-state index is 0.0651. The molecule has 4 nitrogen and oxygen atoms in total. The third-order valence-corrected chi connectivity index (χ3v) is 1.91. The number of rotatable bonds is 3. The van der Waals surface area contributed by atoms with Crippen LogP contribution in [0.1, 0.15) is 16.8 Å². The molecule has 0 bridgehead atoms. The molecule has 3 N–H and O–H groups in total. The largest absolute Gasteiger partial charge is 0.574 e. The SMILES string of the molecule is Cc1cc(CO)c(CN)nc1OC(F)(F)F. The monoisotopic (exact) mass is 236 g/mol. The van der Waals surface area contributed by atoms with E-state index in [-0.39, 0.29) is 24.4 Å². The first-order chi connectivity index (χ1) is 7.37. The Labute approximate surface area is 89.9 Å². The van der Waals surface area contributed by atoms with Gasteiger partial charge in [0.05, 0.1) is 12.3 Å². The quantitative estimate of drug-likeness (QED) is 0.828. The summed E-state index contributed by atoms with van der Waals surface area (Å²) in [6.45, 7) is 1.02. The van der Waals surface area contributed by atoms with Crippen molar-refractivity contribution in [3.8, 4) is 5.88 Å². The van der Waals surface area contributed by atoms with E-state index in [0.29, 0.717) is 5.56 Å². The number of halogens is 3. The number of aliphatic hydroxyl groups excluding tert-OH is 1. The lowest BCUT2D eigenvalue weighted by molar-refractivity contribution is -0.276. The zero-order chi connectivity index (χ0) is 12.3. The van der Waals surface area contributed by atoms with Crippen LogP contribution in [-0.4, -0.2) is 16.5 Å². The predicted octanol–water partition coefficient (Wildman–Crippen LogP) is 1.24. The highest BCUT2D eigenvalue weighted by Gasteiger charge is 2.32. The summed E-state index contributed by atoms with van der Waals surface area (Å²) in [4.78, 5) is 3.62.